The number of nitrogens with zero attached hydrogens (tertiary/aromatic N) is 1. The molecule has 0 saturated carbocycles. The Hall–Kier alpha value is -1.94. The van der Waals surface area contributed by atoms with E-state index in [0.29, 0.717) is 17.9 Å². The second-order valence-corrected chi connectivity index (χ2v) is 4.12. The fraction of sp³-hybridized carbons (Fsp3) is 0.214. The number of benzene rings is 1. The Morgan fingerprint density at radius 3 is 2.61 bits per heavy atom. The molecule has 1 aromatic heterocycles. The molecule has 0 saturated heterocycles. The minimum absolute atomic E-state index is 0.320. The van der Waals surface area contributed by atoms with Gasteiger partial charge in [0.1, 0.15) is 18.2 Å². The third-order valence-corrected chi connectivity index (χ3v) is 2.62. The molecule has 3 nitrogen and oxygen atoms in total. The van der Waals surface area contributed by atoms with Gasteiger partial charge >= 0.3 is 0 Å². The molecule has 0 aliphatic heterocycles. The van der Waals surface area contributed by atoms with E-state index in [0.717, 1.165) is 5.56 Å². The van der Waals surface area contributed by atoms with Gasteiger partial charge in [0.2, 0.25) is 0 Å². The molecule has 4 heteroatoms. The van der Waals surface area contributed by atoms with E-state index in [1.807, 2.05) is 12.1 Å². The molecule has 0 fully saturated rings. The van der Waals surface area contributed by atoms with Crippen LogP contribution in [0.3, 0.4) is 0 Å². The second kappa shape index (κ2) is 5.60. The number of halogens is 1. The quantitative estimate of drug-likeness (QED) is 0.902. The fourth-order valence-corrected chi connectivity index (χ4v) is 1.61. The molecule has 1 atom stereocenters. The Kier molecular flexibility index (Phi) is 3.89. The van der Waals surface area contributed by atoms with Crippen molar-refractivity contribution in [3.63, 3.8) is 0 Å². The topological polar surface area (TPSA) is 48.1 Å². The molecule has 94 valence electrons. The van der Waals surface area contributed by atoms with Crippen molar-refractivity contribution >= 4 is 0 Å². The average molecular weight is 246 g/mol. The van der Waals surface area contributed by atoms with Gasteiger partial charge in [-0.2, -0.15) is 0 Å². The molecule has 0 amide bonds. The van der Waals surface area contributed by atoms with Gasteiger partial charge < -0.3 is 10.5 Å². The van der Waals surface area contributed by atoms with Gasteiger partial charge in [0.25, 0.3) is 0 Å². The summed E-state index contributed by atoms with van der Waals surface area (Å²) < 4.78 is 19.2. The summed E-state index contributed by atoms with van der Waals surface area (Å²) in [5, 5.41) is 0. The minimum atomic E-state index is -0.336. The molecule has 0 aliphatic rings. The Bertz CT molecular complexity index is 514. The highest BCUT2D eigenvalue weighted by Gasteiger charge is 2.08. The Morgan fingerprint density at radius 2 is 2.00 bits per heavy atom. The maximum Gasteiger partial charge on any atom is 0.131 e. The van der Waals surface area contributed by atoms with E-state index >= 15 is 0 Å². The lowest BCUT2D eigenvalue weighted by Crippen LogP contribution is -2.07. The zero-order chi connectivity index (χ0) is 13.0. The molecule has 2 aromatic rings. The summed E-state index contributed by atoms with van der Waals surface area (Å²) in [4.78, 5) is 3.92. The number of ether oxygens (including phenoxy) is 1. The molecule has 0 spiro atoms. The highest BCUT2D eigenvalue weighted by Crippen LogP contribution is 2.21. The highest BCUT2D eigenvalue weighted by atomic mass is 19.1. The molecule has 0 aliphatic carbocycles. The third kappa shape index (κ3) is 3.05. The summed E-state index contributed by atoms with van der Waals surface area (Å²) >= 11 is 0. The number of nitrogens with two attached hydrogens (primary N) is 1. The molecular weight excluding hydrogens is 231 g/mol. The van der Waals surface area contributed by atoms with Crippen LogP contribution in [0.5, 0.6) is 5.75 Å². The predicted octanol–water partition coefficient (Wildman–Crippen LogP) is 2.82. The van der Waals surface area contributed by atoms with Crippen LogP contribution in [0.4, 0.5) is 4.39 Å². The van der Waals surface area contributed by atoms with Crippen molar-refractivity contribution in [1.29, 1.82) is 0 Å². The largest absolute Gasteiger partial charge is 0.489 e. The zero-order valence-corrected chi connectivity index (χ0v) is 10.1. The molecule has 2 N–H and O–H groups in total. The van der Waals surface area contributed by atoms with Crippen molar-refractivity contribution in [2.45, 2.75) is 19.6 Å². The van der Waals surface area contributed by atoms with E-state index in [4.69, 9.17) is 10.5 Å². The molecule has 2 rings (SSSR count). The molecule has 0 unspecified atom stereocenters. The first-order chi connectivity index (χ1) is 8.66. The van der Waals surface area contributed by atoms with Crippen molar-refractivity contribution < 1.29 is 9.13 Å². The lowest BCUT2D eigenvalue weighted by molar-refractivity contribution is 0.304. The SMILES string of the molecule is C[C@H](N)c1ccc(OCc2ccncc2)cc1F. The lowest BCUT2D eigenvalue weighted by Gasteiger charge is -2.10. The summed E-state index contributed by atoms with van der Waals surface area (Å²) in [6.45, 7) is 2.13. The van der Waals surface area contributed by atoms with Crippen LogP contribution in [0.2, 0.25) is 0 Å². The molecular formula is C14H15FN2O. The van der Waals surface area contributed by atoms with Crippen LogP contribution in [-0.4, -0.2) is 4.98 Å². The van der Waals surface area contributed by atoms with Gasteiger partial charge in [-0.3, -0.25) is 4.98 Å². The first-order valence-electron chi connectivity index (χ1n) is 5.73. The van der Waals surface area contributed by atoms with Gasteiger partial charge in [0.05, 0.1) is 0 Å². The maximum absolute atomic E-state index is 13.7. The number of hydrogen-bond acceptors (Lipinski definition) is 3. The summed E-state index contributed by atoms with van der Waals surface area (Å²) in [7, 11) is 0. The molecule has 18 heavy (non-hydrogen) atoms. The van der Waals surface area contributed by atoms with Gasteiger partial charge in [-0.25, -0.2) is 4.39 Å². The van der Waals surface area contributed by atoms with E-state index in [1.165, 1.54) is 6.07 Å². The van der Waals surface area contributed by atoms with Crippen molar-refractivity contribution in [3.05, 3.63) is 59.7 Å². The highest BCUT2D eigenvalue weighted by molar-refractivity contribution is 5.30. The van der Waals surface area contributed by atoms with E-state index in [2.05, 4.69) is 4.98 Å². The Balaban J connectivity index is 2.05. The van der Waals surface area contributed by atoms with E-state index in [1.54, 1.807) is 31.5 Å². The van der Waals surface area contributed by atoms with Crippen LogP contribution in [0.1, 0.15) is 24.1 Å². The van der Waals surface area contributed by atoms with Crippen molar-refractivity contribution in [1.82, 2.24) is 4.98 Å². The van der Waals surface area contributed by atoms with Crippen LogP contribution in [0.25, 0.3) is 0 Å². The van der Waals surface area contributed by atoms with Crippen LogP contribution < -0.4 is 10.5 Å². The van der Waals surface area contributed by atoms with E-state index < -0.39 is 0 Å². The fourth-order valence-electron chi connectivity index (χ4n) is 1.61. The van der Waals surface area contributed by atoms with E-state index in [-0.39, 0.29) is 11.9 Å². The summed E-state index contributed by atoms with van der Waals surface area (Å²) in [5.74, 6) is 0.158. The lowest BCUT2D eigenvalue weighted by atomic mass is 10.1. The molecule has 1 aromatic carbocycles. The third-order valence-electron chi connectivity index (χ3n) is 2.62. The Labute approximate surface area is 105 Å². The van der Waals surface area contributed by atoms with Gasteiger partial charge in [-0.15, -0.1) is 0 Å². The van der Waals surface area contributed by atoms with Gasteiger partial charge in [-0.1, -0.05) is 6.07 Å². The van der Waals surface area contributed by atoms with Crippen LogP contribution >= 0.6 is 0 Å². The van der Waals surface area contributed by atoms with Gasteiger partial charge in [-0.05, 0) is 30.7 Å². The number of pyridine rings is 1. The first kappa shape index (κ1) is 12.5. The summed E-state index contributed by atoms with van der Waals surface area (Å²) in [6, 6.07) is 8.13. The van der Waals surface area contributed by atoms with Gasteiger partial charge in [0.15, 0.2) is 0 Å². The zero-order valence-electron chi connectivity index (χ0n) is 10.1. The first-order valence-corrected chi connectivity index (χ1v) is 5.73. The number of hydrogen-bond donors (Lipinski definition) is 1. The maximum atomic E-state index is 13.7. The van der Waals surface area contributed by atoms with Crippen molar-refractivity contribution in [2.24, 2.45) is 5.73 Å². The molecule has 0 bridgehead atoms. The minimum Gasteiger partial charge on any atom is -0.489 e. The normalized spacial score (nSPS) is 12.2. The van der Waals surface area contributed by atoms with Crippen LogP contribution in [0, 0.1) is 5.82 Å². The Morgan fingerprint density at radius 1 is 1.28 bits per heavy atom. The summed E-state index contributed by atoms with van der Waals surface area (Å²) in [5.41, 5.74) is 7.12. The van der Waals surface area contributed by atoms with E-state index in [9.17, 15) is 4.39 Å². The van der Waals surface area contributed by atoms with Crippen LogP contribution in [-0.2, 0) is 6.61 Å². The monoisotopic (exact) mass is 246 g/mol. The molecule has 1 heterocycles. The molecule has 0 radical (unpaired) electrons. The second-order valence-electron chi connectivity index (χ2n) is 4.12. The number of rotatable bonds is 4. The average Bonchev–Trinajstić information content (AvgIpc) is 2.37. The predicted molar refractivity (Wildman–Crippen MR) is 67.6 cm³/mol. The standard InChI is InChI=1S/C14H15FN2O/c1-10(16)13-3-2-12(8-14(13)15)18-9-11-4-6-17-7-5-11/h2-8,10H,9,16H2,1H3/t10-/m0/s1. The summed E-state index contributed by atoms with van der Waals surface area (Å²) in [6.07, 6.45) is 3.39. The van der Waals surface area contributed by atoms with Crippen LogP contribution in [0.15, 0.2) is 42.7 Å². The van der Waals surface area contributed by atoms with Gasteiger partial charge in [0, 0.05) is 30.1 Å². The smallest absolute Gasteiger partial charge is 0.131 e. The van der Waals surface area contributed by atoms with Crippen molar-refractivity contribution in [2.75, 3.05) is 0 Å². The number of aromatic nitrogens is 1. The van der Waals surface area contributed by atoms with Crippen molar-refractivity contribution in [3.8, 4) is 5.75 Å².